The van der Waals surface area contributed by atoms with E-state index in [9.17, 15) is 0 Å². The number of alkyl halides is 1. The lowest BCUT2D eigenvalue weighted by Crippen LogP contribution is -1.91. The second kappa shape index (κ2) is 5.20. The van der Waals surface area contributed by atoms with Gasteiger partial charge in [0.1, 0.15) is 0 Å². The summed E-state index contributed by atoms with van der Waals surface area (Å²) in [7, 11) is 0. The Kier molecular flexibility index (Phi) is 3.88. The Morgan fingerprint density at radius 2 is 1.81 bits per heavy atom. The summed E-state index contributed by atoms with van der Waals surface area (Å²) in [5.74, 6) is 0. The summed E-state index contributed by atoms with van der Waals surface area (Å²) in [5.41, 5.74) is 1.34. The zero-order valence-electron chi connectivity index (χ0n) is 9.21. The lowest BCUT2D eigenvalue weighted by molar-refractivity contribution is 0.792. The van der Waals surface area contributed by atoms with Crippen molar-refractivity contribution in [1.29, 1.82) is 0 Å². The van der Waals surface area contributed by atoms with Gasteiger partial charge in [-0.15, -0.1) is 0 Å². The molecule has 0 saturated carbocycles. The first-order chi connectivity index (χ1) is 7.74. The van der Waals surface area contributed by atoms with Crippen molar-refractivity contribution in [3.63, 3.8) is 0 Å². The van der Waals surface area contributed by atoms with E-state index >= 15 is 0 Å². The van der Waals surface area contributed by atoms with Crippen molar-refractivity contribution in [2.45, 2.75) is 24.6 Å². The molecule has 0 aliphatic carbocycles. The molecule has 1 atom stereocenters. The van der Waals surface area contributed by atoms with Gasteiger partial charge in [0.2, 0.25) is 0 Å². The van der Waals surface area contributed by atoms with E-state index < -0.39 is 0 Å². The summed E-state index contributed by atoms with van der Waals surface area (Å²) in [6, 6.07) is 12.4. The fourth-order valence-electron chi connectivity index (χ4n) is 1.97. The van der Waals surface area contributed by atoms with E-state index in [0.29, 0.717) is 4.83 Å². The molecule has 0 aliphatic rings. The van der Waals surface area contributed by atoms with Crippen molar-refractivity contribution >= 4 is 38.3 Å². The minimum Gasteiger partial charge on any atom is -0.0839 e. The van der Waals surface area contributed by atoms with Crippen LogP contribution in [0, 0.1) is 0 Å². The third-order valence-corrected chi connectivity index (χ3v) is 4.06. The minimum absolute atomic E-state index is 0.416. The Balaban J connectivity index is 2.58. The molecule has 0 heterocycles. The van der Waals surface area contributed by atoms with Crippen molar-refractivity contribution in [3.05, 3.63) is 47.0 Å². The molecule has 2 heteroatoms. The number of hydrogen-bond acceptors (Lipinski definition) is 0. The van der Waals surface area contributed by atoms with Crippen molar-refractivity contribution in [2.75, 3.05) is 0 Å². The van der Waals surface area contributed by atoms with Gasteiger partial charge in [0, 0.05) is 15.2 Å². The van der Waals surface area contributed by atoms with E-state index in [1.54, 1.807) is 0 Å². The fourth-order valence-corrected chi connectivity index (χ4v) is 3.05. The molecule has 84 valence electrons. The van der Waals surface area contributed by atoms with E-state index in [-0.39, 0.29) is 0 Å². The minimum atomic E-state index is 0.416. The molecular weight excluding hydrogens is 284 g/mol. The van der Waals surface area contributed by atoms with Gasteiger partial charge >= 0.3 is 0 Å². The van der Waals surface area contributed by atoms with Crippen LogP contribution in [0.3, 0.4) is 0 Å². The summed E-state index contributed by atoms with van der Waals surface area (Å²) >= 11 is 9.94. The molecule has 2 aromatic rings. The lowest BCUT2D eigenvalue weighted by atomic mass is 10.0. The van der Waals surface area contributed by atoms with Crippen LogP contribution < -0.4 is 0 Å². The van der Waals surface area contributed by atoms with Gasteiger partial charge in [-0.3, -0.25) is 0 Å². The Bertz CT molecular complexity index is 493. The summed E-state index contributed by atoms with van der Waals surface area (Å²) in [6.07, 6.45) is 2.32. The summed E-state index contributed by atoms with van der Waals surface area (Å²) in [4.78, 5) is 0.416. The molecule has 0 N–H and O–H groups in total. The molecular formula is C14H14BrCl. The highest BCUT2D eigenvalue weighted by Gasteiger charge is 2.11. The monoisotopic (exact) mass is 296 g/mol. The Morgan fingerprint density at radius 3 is 2.50 bits per heavy atom. The van der Waals surface area contributed by atoms with Crippen LogP contribution in [0.15, 0.2) is 36.4 Å². The maximum absolute atomic E-state index is 6.20. The molecule has 2 aromatic carbocycles. The molecule has 0 spiro atoms. The topological polar surface area (TPSA) is 0 Å². The molecule has 0 bridgehead atoms. The average molecular weight is 298 g/mol. The second-order valence-electron chi connectivity index (χ2n) is 3.94. The third-order valence-electron chi connectivity index (χ3n) is 2.78. The fraction of sp³-hybridized carbons (Fsp3) is 0.286. The zero-order valence-corrected chi connectivity index (χ0v) is 11.6. The number of benzene rings is 2. The second-order valence-corrected chi connectivity index (χ2v) is 5.45. The molecule has 0 nitrogen and oxygen atoms in total. The molecule has 16 heavy (non-hydrogen) atoms. The lowest BCUT2D eigenvalue weighted by Gasteiger charge is -2.13. The first-order valence-electron chi connectivity index (χ1n) is 5.55. The van der Waals surface area contributed by atoms with Crippen LogP contribution >= 0.6 is 27.5 Å². The summed E-state index contributed by atoms with van der Waals surface area (Å²) in [5, 5.41) is 3.23. The highest BCUT2D eigenvalue weighted by Crippen LogP contribution is 2.35. The zero-order chi connectivity index (χ0) is 11.5. The van der Waals surface area contributed by atoms with Gasteiger partial charge in [-0.25, -0.2) is 0 Å². The number of hydrogen-bond donors (Lipinski definition) is 0. The number of rotatable bonds is 3. The van der Waals surface area contributed by atoms with Gasteiger partial charge in [-0.05, 0) is 23.4 Å². The maximum Gasteiger partial charge on any atom is 0.0484 e. The predicted octanol–water partition coefficient (Wildman–Crippen LogP) is 5.73. The molecule has 0 radical (unpaired) electrons. The third kappa shape index (κ3) is 2.26. The van der Waals surface area contributed by atoms with E-state index in [4.69, 9.17) is 11.6 Å². The largest absolute Gasteiger partial charge is 0.0839 e. The normalized spacial score (nSPS) is 12.9. The van der Waals surface area contributed by atoms with Crippen molar-refractivity contribution in [1.82, 2.24) is 0 Å². The van der Waals surface area contributed by atoms with Crippen LogP contribution in [0.5, 0.6) is 0 Å². The van der Waals surface area contributed by atoms with E-state index in [1.165, 1.54) is 17.4 Å². The van der Waals surface area contributed by atoms with Gasteiger partial charge in [0.05, 0.1) is 0 Å². The Hall–Kier alpha value is -0.530. The van der Waals surface area contributed by atoms with Crippen LogP contribution in [-0.4, -0.2) is 0 Å². The SMILES string of the molecule is CCCC(Br)c1ccc(Cl)c2ccccc12. The van der Waals surface area contributed by atoms with Crippen LogP contribution in [0.4, 0.5) is 0 Å². The first-order valence-corrected chi connectivity index (χ1v) is 6.84. The quantitative estimate of drug-likeness (QED) is 0.635. The smallest absolute Gasteiger partial charge is 0.0484 e. The summed E-state index contributed by atoms with van der Waals surface area (Å²) < 4.78 is 0. The molecule has 0 amide bonds. The highest BCUT2D eigenvalue weighted by molar-refractivity contribution is 9.09. The van der Waals surface area contributed by atoms with E-state index in [1.807, 2.05) is 12.1 Å². The van der Waals surface area contributed by atoms with Crippen LogP contribution in [0.25, 0.3) is 10.8 Å². The predicted molar refractivity (Wildman–Crippen MR) is 75.5 cm³/mol. The van der Waals surface area contributed by atoms with Gasteiger partial charge in [-0.2, -0.15) is 0 Å². The van der Waals surface area contributed by atoms with Gasteiger partial charge in [0.15, 0.2) is 0 Å². The van der Waals surface area contributed by atoms with Gasteiger partial charge < -0.3 is 0 Å². The van der Waals surface area contributed by atoms with Crippen LogP contribution in [0.1, 0.15) is 30.2 Å². The average Bonchev–Trinajstić information content (AvgIpc) is 2.30. The Labute approximate surface area is 110 Å². The van der Waals surface area contributed by atoms with Crippen LogP contribution in [-0.2, 0) is 0 Å². The van der Waals surface area contributed by atoms with Crippen molar-refractivity contribution in [3.8, 4) is 0 Å². The highest BCUT2D eigenvalue weighted by atomic mass is 79.9. The molecule has 0 fully saturated rings. The van der Waals surface area contributed by atoms with Gasteiger partial charge in [-0.1, -0.05) is 71.2 Å². The van der Waals surface area contributed by atoms with Gasteiger partial charge in [0.25, 0.3) is 0 Å². The number of halogens is 2. The molecule has 2 rings (SSSR count). The molecule has 1 unspecified atom stereocenters. The van der Waals surface area contributed by atoms with E-state index in [2.05, 4.69) is 47.1 Å². The molecule has 0 aliphatic heterocycles. The summed E-state index contributed by atoms with van der Waals surface area (Å²) in [6.45, 7) is 2.20. The van der Waals surface area contributed by atoms with Crippen molar-refractivity contribution in [2.24, 2.45) is 0 Å². The number of fused-ring (bicyclic) bond motifs is 1. The Morgan fingerprint density at radius 1 is 1.12 bits per heavy atom. The molecule has 0 saturated heterocycles. The first kappa shape index (κ1) is 11.9. The van der Waals surface area contributed by atoms with Crippen molar-refractivity contribution < 1.29 is 0 Å². The van der Waals surface area contributed by atoms with E-state index in [0.717, 1.165) is 16.8 Å². The molecule has 0 aromatic heterocycles. The van der Waals surface area contributed by atoms with Crippen LogP contribution in [0.2, 0.25) is 5.02 Å². The maximum atomic E-state index is 6.20. The standard InChI is InChI=1S/C14H14BrCl/c1-2-5-13(15)11-8-9-14(16)12-7-4-3-6-10(11)12/h3-4,6-9,13H,2,5H2,1H3.